The van der Waals surface area contributed by atoms with Crippen LogP contribution in [-0.4, -0.2) is 20.0 Å². The van der Waals surface area contributed by atoms with Crippen LogP contribution in [0.25, 0.3) is 0 Å². The van der Waals surface area contributed by atoms with Gasteiger partial charge in [0.15, 0.2) is 11.5 Å². The van der Waals surface area contributed by atoms with E-state index in [0.717, 1.165) is 17.2 Å². The molecule has 4 rings (SSSR count). The number of halogens is 4. The van der Waals surface area contributed by atoms with Crippen LogP contribution < -0.4 is 14.8 Å². The fourth-order valence-electron chi connectivity index (χ4n) is 3.44. The number of hydrogen-bond donors (Lipinski definition) is 1. The van der Waals surface area contributed by atoms with Gasteiger partial charge in [-0.25, -0.2) is 0 Å². The fourth-order valence-corrected chi connectivity index (χ4v) is 3.61. The van der Waals surface area contributed by atoms with E-state index in [2.05, 4.69) is 11.9 Å². The highest BCUT2D eigenvalue weighted by Crippen LogP contribution is 2.42. The van der Waals surface area contributed by atoms with Gasteiger partial charge in [-0.3, -0.25) is 0 Å². The Balaban J connectivity index is 1.74. The van der Waals surface area contributed by atoms with Gasteiger partial charge in [0.25, 0.3) is 0 Å². The maximum Gasteiger partial charge on any atom is 0.418 e. The van der Waals surface area contributed by atoms with Crippen LogP contribution >= 0.6 is 11.6 Å². The molecule has 0 amide bonds. The third-order valence-electron chi connectivity index (χ3n) is 4.87. The van der Waals surface area contributed by atoms with E-state index in [1.807, 2.05) is 0 Å². The van der Waals surface area contributed by atoms with Crippen molar-refractivity contribution in [1.82, 2.24) is 0 Å². The smallest absolute Gasteiger partial charge is 0.418 e. The third kappa shape index (κ3) is 3.64. The molecule has 148 valence electrons. The summed E-state index contributed by atoms with van der Waals surface area (Å²) in [5.74, 6) is 0.963. The molecule has 1 saturated heterocycles. The van der Waals surface area contributed by atoms with E-state index in [4.69, 9.17) is 25.8 Å². The highest BCUT2D eigenvalue weighted by molar-refractivity contribution is 6.30. The molecule has 0 bridgehead atoms. The minimum absolute atomic E-state index is 0.0195. The van der Waals surface area contributed by atoms with Gasteiger partial charge in [-0.15, -0.1) is 0 Å². The minimum atomic E-state index is -4.55. The Morgan fingerprint density at radius 1 is 1.11 bits per heavy atom. The second kappa shape index (κ2) is 7.22. The number of benzene rings is 2. The van der Waals surface area contributed by atoms with Crippen molar-refractivity contribution in [2.45, 2.75) is 12.2 Å². The molecular formula is C20H17ClF3NO3. The Hall–Kier alpha value is -2.38. The number of fused-ring (bicyclic) bond motifs is 1. The van der Waals surface area contributed by atoms with Crippen molar-refractivity contribution in [2.24, 2.45) is 5.92 Å². The molecule has 0 saturated carbocycles. The van der Waals surface area contributed by atoms with Crippen LogP contribution in [-0.2, 0) is 10.9 Å². The summed E-state index contributed by atoms with van der Waals surface area (Å²) >= 11 is 5.80. The summed E-state index contributed by atoms with van der Waals surface area (Å²) in [4.78, 5) is 0. The lowest BCUT2D eigenvalue weighted by molar-refractivity contribution is -0.137. The molecule has 2 heterocycles. The zero-order valence-electron chi connectivity index (χ0n) is 14.7. The first-order valence-electron chi connectivity index (χ1n) is 8.61. The van der Waals surface area contributed by atoms with Crippen molar-refractivity contribution < 1.29 is 27.4 Å². The summed E-state index contributed by atoms with van der Waals surface area (Å²) < 4.78 is 56.8. The molecule has 8 heteroatoms. The number of nitrogens with one attached hydrogen (secondary N) is 1. The second-order valence-electron chi connectivity index (χ2n) is 6.70. The second-order valence-corrected chi connectivity index (χ2v) is 7.14. The van der Waals surface area contributed by atoms with Gasteiger partial charge in [0.1, 0.15) is 0 Å². The van der Waals surface area contributed by atoms with Gasteiger partial charge in [0.2, 0.25) is 6.79 Å². The molecule has 0 radical (unpaired) electrons. The molecule has 1 fully saturated rings. The average Bonchev–Trinajstić information content (AvgIpc) is 3.28. The van der Waals surface area contributed by atoms with E-state index < -0.39 is 17.8 Å². The zero-order valence-corrected chi connectivity index (χ0v) is 15.4. The number of ether oxygens (including phenoxy) is 3. The molecule has 0 aliphatic carbocycles. The van der Waals surface area contributed by atoms with Crippen LogP contribution in [0.5, 0.6) is 11.5 Å². The fraction of sp³-hybridized carbons (Fsp3) is 0.300. The molecule has 1 N–H and O–H groups in total. The zero-order chi connectivity index (χ0) is 19.9. The number of hydrogen-bond acceptors (Lipinski definition) is 4. The summed E-state index contributed by atoms with van der Waals surface area (Å²) in [7, 11) is 0. The van der Waals surface area contributed by atoms with Crippen LogP contribution in [0.3, 0.4) is 0 Å². The molecule has 2 aromatic carbocycles. The van der Waals surface area contributed by atoms with E-state index in [-0.39, 0.29) is 23.4 Å². The van der Waals surface area contributed by atoms with Crippen molar-refractivity contribution in [3.05, 3.63) is 64.7 Å². The summed E-state index contributed by atoms with van der Waals surface area (Å²) in [6.45, 7) is 4.87. The Labute approximate surface area is 164 Å². The summed E-state index contributed by atoms with van der Waals surface area (Å²) in [6.07, 6.45) is -4.55. The standard InChI is InChI=1S/C20H17ClF3NO3/c1-11-8-26-9-14(11)19(12-2-5-17-18(6-12)28-10-27-17)25-16-4-3-13(21)7-15(16)20(22,23)24/h2-7,14,19,25H,1,8-10H2/t14-,19-/m0/s1. The van der Waals surface area contributed by atoms with E-state index in [1.165, 1.54) is 12.1 Å². The minimum Gasteiger partial charge on any atom is -0.454 e. The van der Waals surface area contributed by atoms with Gasteiger partial charge >= 0.3 is 6.18 Å². The van der Waals surface area contributed by atoms with E-state index >= 15 is 0 Å². The maximum atomic E-state index is 13.5. The van der Waals surface area contributed by atoms with E-state index in [9.17, 15) is 13.2 Å². The highest BCUT2D eigenvalue weighted by atomic mass is 35.5. The Morgan fingerprint density at radius 3 is 2.61 bits per heavy atom. The summed E-state index contributed by atoms with van der Waals surface area (Å²) in [5.41, 5.74) is 0.691. The number of anilines is 1. The number of alkyl halides is 3. The van der Waals surface area contributed by atoms with Crippen LogP contribution in [0.15, 0.2) is 48.6 Å². The first-order chi connectivity index (χ1) is 13.3. The summed E-state index contributed by atoms with van der Waals surface area (Å²) in [6, 6.07) is 8.51. The lowest BCUT2D eigenvalue weighted by Crippen LogP contribution is -2.24. The molecule has 28 heavy (non-hydrogen) atoms. The van der Waals surface area contributed by atoms with Crippen LogP contribution in [0.1, 0.15) is 17.2 Å². The van der Waals surface area contributed by atoms with E-state index in [0.29, 0.717) is 24.7 Å². The SMILES string of the molecule is C=C1COC[C@@H]1[C@@H](Nc1ccc(Cl)cc1C(F)(F)F)c1ccc2c(c1)OCO2. The largest absolute Gasteiger partial charge is 0.454 e. The van der Waals surface area contributed by atoms with Gasteiger partial charge in [-0.2, -0.15) is 13.2 Å². The first-order valence-corrected chi connectivity index (χ1v) is 8.99. The predicted molar refractivity (Wildman–Crippen MR) is 98.8 cm³/mol. The lowest BCUT2D eigenvalue weighted by atomic mass is 9.89. The molecule has 2 aliphatic rings. The molecule has 4 nitrogen and oxygen atoms in total. The molecule has 0 unspecified atom stereocenters. The Bertz CT molecular complexity index is 916. The van der Waals surface area contributed by atoms with Crippen molar-refractivity contribution in [1.29, 1.82) is 0 Å². The molecule has 0 aromatic heterocycles. The van der Waals surface area contributed by atoms with Gasteiger partial charge in [0.05, 0.1) is 24.8 Å². The molecular weight excluding hydrogens is 395 g/mol. The monoisotopic (exact) mass is 411 g/mol. The van der Waals surface area contributed by atoms with Gasteiger partial charge in [-0.05, 0) is 41.5 Å². The molecule has 2 atom stereocenters. The third-order valence-corrected chi connectivity index (χ3v) is 5.10. The van der Waals surface area contributed by atoms with Crippen molar-refractivity contribution >= 4 is 17.3 Å². The number of rotatable bonds is 4. The van der Waals surface area contributed by atoms with Crippen molar-refractivity contribution in [3.8, 4) is 11.5 Å². The first kappa shape index (κ1) is 19.0. The Kier molecular flexibility index (Phi) is 4.89. The topological polar surface area (TPSA) is 39.7 Å². The average molecular weight is 412 g/mol. The van der Waals surface area contributed by atoms with Crippen molar-refractivity contribution in [2.75, 3.05) is 25.3 Å². The quantitative estimate of drug-likeness (QED) is 0.680. The van der Waals surface area contributed by atoms with Crippen LogP contribution in [0.2, 0.25) is 5.02 Å². The lowest BCUT2D eigenvalue weighted by Gasteiger charge is -2.28. The van der Waals surface area contributed by atoms with Gasteiger partial charge < -0.3 is 19.5 Å². The van der Waals surface area contributed by atoms with Crippen molar-refractivity contribution in [3.63, 3.8) is 0 Å². The van der Waals surface area contributed by atoms with Crippen LogP contribution in [0, 0.1) is 5.92 Å². The maximum absolute atomic E-state index is 13.5. The van der Waals surface area contributed by atoms with Gasteiger partial charge in [-0.1, -0.05) is 24.2 Å². The summed E-state index contributed by atoms with van der Waals surface area (Å²) in [5, 5.41) is 3.06. The molecule has 2 aliphatic heterocycles. The normalized spacial score (nSPS) is 19.7. The van der Waals surface area contributed by atoms with Crippen LogP contribution in [0.4, 0.5) is 18.9 Å². The van der Waals surface area contributed by atoms with Gasteiger partial charge in [0, 0.05) is 16.6 Å². The predicted octanol–water partition coefficient (Wildman–Crippen LogP) is 5.44. The Morgan fingerprint density at radius 2 is 1.89 bits per heavy atom. The molecule has 2 aromatic rings. The van der Waals surface area contributed by atoms with E-state index in [1.54, 1.807) is 18.2 Å². The molecule has 0 spiro atoms. The highest BCUT2D eigenvalue weighted by Gasteiger charge is 2.36.